The van der Waals surface area contributed by atoms with Crippen LogP contribution in [0.15, 0.2) is 46.9 Å². The third-order valence-electron chi connectivity index (χ3n) is 4.02. The second kappa shape index (κ2) is 7.93. The van der Waals surface area contributed by atoms with Crippen molar-refractivity contribution >= 4 is 16.9 Å². The predicted molar refractivity (Wildman–Crippen MR) is 95.6 cm³/mol. The Bertz CT molecular complexity index is 912. The van der Waals surface area contributed by atoms with Gasteiger partial charge in [0, 0.05) is 23.6 Å². The number of esters is 1. The lowest BCUT2D eigenvalue weighted by molar-refractivity contribution is 0.0430. The fraction of sp³-hybridized carbons (Fsp3) is 0.250. The minimum absolute atomic E-state index is 0.0304. The molecule has 26 heavy (non-hydrogen) atoms. The quantitative estimate of drug-likeness (QED) is 0.597. The van der Waals surface area contributed by atoms with Crippen LogP contribution in [0.1, 0.15) is 21.7 Å². The summed E-state index contributed by atoms with van der Waals surface area (Å²) in [6.45, 7) is 0.284. The smallest absolute Gasteiger partial charge is 0.374 e. The largest absolute Gasteiger partial charge is 0.497 e. The van der Waals surface area contributed by atoms with Gasteiger partial charge in [-0.3, -0.25) is 0 Å². The zero-order chi connectivity index (χ0) is 18.5. The first-order valence-electron chi connectivity index (χ1n) is 8.05. The van der Waals surface area contributed by atoms with Gasteiger partial charge in [-0.2, -0.15) is 0 Å². The van der Waals surface area contributed by atoms with E-state index in [-0.39, 0.29) is 19.0 Å². The molecular weight excluding hydrogens is 336 g/mol. The third kappa shape index (κ3) is 3.50. The summed E-state index contributed by atoms with van der Waals surface area (Å²) >= 11 is 0. The Balaban J connectivity index is 1.85. The van der Waals surface area contributed by atoms with E-state index in [0.717, 1.165) is 5.39 Å². The molecule has 0 aliphatic rings. The number of para-hydroxylation sites is 1. The van der Waals surface area contributed by atoms with Crippen LogP contribution in [0.4, 0.5) is 0 Å². The Morgan fingerprint density at radius 1 is 1.00 bits per heavy atom. The monoisotopic (exact) mass is 356 g/mol. The second-order valence-electron chi connectivity index (χ2n) is 5.59. The molecule has 0 amide bonds. The van der Waals surface area contributed by atoms with Crippen molar-refractivity contribution in [1.82, 2.24) is 0 Å². The van der Waals surface area contributed by atoms with Crippen LogP contribution in [0, 0.1) is 0 Å². The van der Waals surface area contributed by atoms with E-state index >= 15 is 0 Å². The van der Waals surface area contributed by atoms with Crippen LogP contribution in [0.3, 0.4) is 0 Å². The van der Waals surface area contributed by atoms with Gasteiger partial charge in [0.1, 0.15) is 23.7 Å². The number of benzene rings is 2. The molecule has 0 fully saturated rings. The van der Waals surface area contributed by atoms with E-state index in [1.165, 1.54) is 0 Å². The highest BCUT2D eigenvalue weighted by Crippen LogP contribution is 2.28. The maximum absolute atomic E-state index is 12.6. The Hall–Kier alpha value is -2.99. The summed E-state index contributed by atoms with van der Waals surface area (Å²) in [5.41, 5.74) is 1.99. The highest BCUT2D eigenvalue weighted by Gasteiger charge is 2.22. The predicted octanol–water partition coefficient (Wildman–Crippen LogP) is 3.95. The van der Waals surface area contributed by atoms with Crippen molar-refractivity contribution in [3.05, 3.63) is 59.4 Å². The first kappa shape index (κ1) is 17.8. The van der Waals surface area contributed by atoms with Gasteiger partial charge in [-0.05, 0) is 24.3 Å². The molecule has 0 saturated carbocycles. The van der Waals surface area contributed by atoms with E-state index in [1.807, 2.05) is 18.2 Å². The summed E-state index contributed by atoms with van der Waals surface area (Å²) in [5, 5.41) is 0.834. The molecule has 0 radical (unpaired) electrons. The Morgan fingerprint density at radius 3 is 2.54 bits per heavy atom. The summed E-state index contributed by atoms with van der Waals surface area (Å²) in [5.74, 6) is 0.856. The van der Waals surface area contributed by atoms with E-state index < -0.39 is 5.97 Å². The molecule has 3 rings (SSSR count). The molecule has 0 unspecified atom stereocenters. The van der Waals surface area contributed by atoms with E-state index in [1.54, 1.807) is 45.6 Å². The van der Waals surface area contributed by atoms with E-state index in [2.05, 4.69) is 0 Å². The van der Waals surface area contributed by atoms with Gasteiger partial charge in [-0.25, -0.2) is 4.79 Å². The first-order valence-corrected chi connectivity index (χ1v) is 8.05. The molecule has 2 aromatic carbocycles. The summed E-state index contributed by atoms with van der Waals surface area (Å²) in [7, 11) is 4.70. The molecule has 6 heteroatoms. The fourth-order valence-corrected chi connectivity index (χ4v) is 2.75. The number of carbonyl (C=O) groups is 1. The zero-order valence-corrected chi connectivity index (χ0v) is 14.9. The summed E-state index contributed by atoms with van der Waals surface area (Å²) in [4.78, 5) is 12.6. The number of hydrogen-bond acceptors (Lipinski definition) is 6. The van der Waals surface area contributed by atoms with Crippen LogP contribution in [-0.4, -0.2) is 27.3 Å². The summed E-state index contributed by atoms with van der Waals surface area (Å²) in [6, 6.07) is 12.7. The number of furan rings is 1. The van der Waals surface area contributed by atoms with Crippen molar-refractivity contribution in [2.24, 2.45) is 0 Å². The average molecular weight is 356 g/mol. The van der Waals surface area contributed by atoms with Crippen LogP contribution in [0.25, 0.3) is 11.0 Å². The molecule has 136 valence electrons. The van der Waals surface area contributed by atoms with Crippen molar-refractivity contribution in [3.8, 4) is 11.5 Å². The number of rotatable bonds is 7. The zero-order valence-electron chi connectivity index (χ0n) is 14.9. The molecule has 0 atom stereocenters. The van der Waals surface area contributed by atoms with Gasteiger partial charge >= 0.3 is 5.97 Å². The van der Waals surface area contributed by atoms with Gasteiger partial charge in [0.2, 0.25) is 5.76 Å². The standard InChI is InChI=1S/C20H20O6/c1-22-12-16-15-6-4-5-7-18(15)26-19(16)20(21)25-11-13-10-14(23-2)8-9-17(13)24-3/h4-10H,11-12H2,1-3H3. The molecular formula is C20H20O6. The molecule has 0 bridgehead atoms. The third-order valence-corrected chi connectivity index (χ3v) is 4.02. The first-order chi connectivity index (χ1) is 12.7. The van der Waals surface area contributed by atoms with Crippen molar-refractivity contribution in [3.63, 3.8) is 0 Å². The average Bonchev–Trinajstić information content (AvgIpc) is 3.05. The molecule has 6 nitrogen and oxygen atoms in total. The minimum Gasteiger partial charge on any atom is -0.497 e. The maximum Gasteiger partial charge on any atom is 0.374 e. The lowest BCUT2D eigenvalue weighted by Crippen LogP contribution is -2.08. The Kier molecular flexibility index (Phi) is 5.43. The SMILES string of the molecule is COCc1c(C(=O)OCc2cc(OC)ccc2OC)oc2ccccc12. The normalized spacial score (nSPS) is 10.7. The highest BCUT2D eigenvalue weighted by atomic mass is 16.5. The highest BCUT2D eigenvalue weighted by molar-refractivity contribution is 5.96. The van der Waals surface area contributed by atoms with Gasteiger partial charge in [-0.1, -0.05) is 18.2 Å². The number of methoxy groups -OCH3 is 3. The van der Waals surface area contributed by atoms with Gasteiger partial charge in [0.25, 0.3) is 0 Å². The van der Waals surface area contributed by atoms with Crippen molar-refractivity contribution < 1.29 is 28.2 Å². The van der Waals surface area contributed by atoms with Gasteiger partial charge in [0.05, 0.1) is 20.8 Å². The lowest BCUT2D eigenvalue weighted by atomic mass is 10.1. The molecule has 3 aromatic rings. The fourth-order valence-electron chi connectivity index (χ4n) is 2.75. The van der Waals surface area contributed by atoms with Crippen molar-refractivity contribution in [1.29, 1.82) is 0 Å². The summed E-state index contributed by atoms with van der Waals surface area (Å²) < 4.78 is 26.9. The van der Waals surface area contributed by atoms with Gasteiger partial charge in [0.15, 0.2) is 0 Å². The maximum atomic E-state index is 12.6. The van der Waals surface area contributed by atoms with Crippen LogP contribution < -0.4 is 9.47 Å². The van der Waals surface area contributed by atoms with Crippen molar-refractivity contribution in [2.75, 3.05) is 21.3 Å². The Morgan fingerprint density at radius 2 is 1.81 bits per heavy atom. The minimum atomic E-state index is -0.557. The van der Waals surface area contributed by atoms with Crippen LogP contribution in [-0.2, 0) is 22.7 Å². The van der Waals surface area contributed by atoms with Gasteiger partial charge < -0.3 is 23.4 Å². The molecule has 0 aliphatic heterocycles. The Labute approximate surface area is 151 Å². The van der Waals surface area contributed by atoms with E-state index in [4.69, 9.17) is 23.4 Å². The molecule has 0 aliphatic carbocycles. The van der Waals surface area contributed by atoms with Gasteiger partial charge in [-0.15, -0.1) is 0 Å². The van der Waals surface area contributed by atoms with E-state index in [9.17, 15) is 4.79 Å². The lowest BCUT2D eigenvalue weighted by Gasteiger charge is -2.11. The number of carbonyl (C=O) groups excluding carboxylic acids is 1. The number of ether oxygens (including phenoxy) is 4. The van der Waals surface area contributed by atoms with Crippen LogP contribution in [0.5, 0.6) is 11.5 Å². The van der Waals surface area contributed by atoms with Crippen LogP contribution in [0.2, 0.25) is 0 Å². The number of hydrogen-bond donors (Lipinski definition) is 0. The second-order valence-corrected chi connectivity index (χ2v) is 5.59. The topological polar surface area (TPSA) is 67.1 Å². The molecule has 0 N–H and O–H groups in total. The molecule has 0 spiro atoms. The summed E-state index contributed by atoms with van der Waals surface area (Å²) in [6.07, 6.45) is 0. The number of fused-ring (bicyclic) bond motifs is 1. The molecule has 1 heterocycles. The van der Waals surface area contributed by atoms with Crippen molar-refractivity contribution in [2.45, 2.75) is 13.2 Å². The van der Waals surface area contributed by atoms with Crippen LogP contribution >= 0.6 is 0 Å². The van der Waals surface area contributed by atoms with E-state index in [0.29, 0.717) is 28.2 Å². The molecule has 1 aromatic heterocycles. The molecule has 0 saturated heterocycles.